The Labute approximate surface area is 72.9 Å². The smallest absolute Gasteiger partial charge is 0.251 e. The van der Waals surface area contributed by atoms with Crippen LogP contribution < -0.4 is 17.2 Å². The van der Waals surface area contributed by atoms with Gasteiger partial charge in [-0.05, 0) is 11.4 Å². The van der Waals surface area contributed by atoms with Crippen molar-refractivity contribution < 1.29 is 4.79 Å². The summed E-state index contributed by atoms with van der Waals surface area (Å²) in [5.41, 5.74) is 15.7. The van der Waals surface area contributed by atoms with Crippen LogP contribution in [0.5, 0.6) is 0 Å². The molecule has 12 heavy (non-hydrogen) atoms. The van der Waals surface area contributed by atoms with Crippen molar-refractivity contribution in [2.75, 3.05) is 0 Å². The third-order valence-corrected chi connectivity index (χ3v) is 1.95. The quantitative estimate of drug-likeness (QED) is 0.435. The van der Waals surface area contributed by atoms with E-state index in [1.165, 1.54) is 11.3 Å². The van der Waals surface area contributed by atoms with E-state index in [4.69, 9.17) is 17.2 Å². The summed E-state index contributed by atoms with van der Waals surface area (Å²) in [5, 5.41) is 2.14. The lowest BCUT2D eigenvalue weighted by Crippen LogP contribution is -2.22. The van der Waals surface area contributed by atoms with Crippen molar-refractivity contribution in [2.45, 2.75) is 0 Å². The third kappa shape index (κ3) is 1.73. The Bertz CT molecular complexity index is 326. The number of thiophene rings is 1. The van der Waals surface area contributed by atoms with E-state index in [1.54, 1.807) is 11.4 Å². The van der Waals surface area contributed by atoms with E-state index in [2.05, 4.69) is 4.99 Å². The Morgan fingerprint density at radius 3 is 2.58 bits per heavy atom. The fourth-order valence-electron chi connectivity index (χ4n) is 0.693. The van der Waals surface area contributed by atoms with Gasteiger partial charge in [0.15, 0.2) is 5.96 Å². The maximum absolute atomic E-state index is 10.7. The van der Waals surface area contributed by atoms with Crippen molar-refractivity contribution in [1.82, 2.24) is 0 Å². The number of nitrogens with two attached hydrogens (primary N) is 3. The molecule has 0 spiro atoms. The number of primary amides is 1. The van der Waals surface area contributed by atoms with Crippen LogP contribution in [-0.4, -0.2) is 11.9 Å². The predicted octanol–water partition coefficient (Wildman–Crippen LogP) is -0.248. The Morgan fingerprint density at radius 2 is 2.08 bits per heavy atom. The van der Waals surface area contributed by atoms with Crippen molar-refractivity contribution in [3.8, 4) is 0 Å². The summed E-state index contributed by atoms with van der Waals surface area (Å²) < 4.78 is 0. The van der Waals surface area contributed by atoms with Crippen LogP contribution in [-0.2, 0) is 0 Å². The van der Waals surface area contributed by atoms with Crippen molar-refractivity contribution in [3.63, 3.8) is 0 Å². The molecule has 0 aliphatic heterocycles. The standard InChI is InChI=1S/C6H8N4OS/c7-4(11)3-1-2-12-5(3)10-6(8)9/h1-2H,(H2,7,11)(H4,8,9,10). The Morgan fingerprint density at radius 1 is 1.42 bits per heavy atom. The molecule has 0 aromatic carbocycles. The summed E-state index contributed by atoms with van der Waals surface area (Å²) in [6.45, 7) is 0. The van der Waals surface area contributed by atoms with Crippen LogP contribution in [0, 0.1) is 0 Å². The van der Waals surface area contributed by atoms with Gasteiger partial charge in [-0.2, -0.15) is 0 Å². The summed E-state index contributed by atoms with van der Waals surface area (Å²) in [7, 11) is 0. The predicted molar refractivity (Wildman–Crippen MR) is 48.3 cm³/mol. The van der Waals surface area contributed by atoms with Crippen LogP contribution in [0.4, 0.5) is 5.00 Å². The average molecular weight is 184 g/mol. The van der Waals surface area contributed by atoms with Gasteiger partial charge in [0.05, 0.1) is 5.56 Å². The molecule has 1 aromatic heterocycles. The van der Waals surface area contributed by atoms with Gasteiger partial charge in [-0.1, -0.05) is 0 Å². The molecule has 0 saturated heterocycles. The van der Waals surface area contributed by atoms with Crippen LogP contribution in [0.1, 0.15) is 10.4 Å². The van der Waals surface area contributed by atoms with Crippen LogP contribution in [0.3, 0.4) is 0 Å². The Balaban J connectivity index is 3.08. The Hall–Kier alpha value is -1.56. The molecule has 0 radical (unpaired) electrons. The first-order chi connectivity index (χ1) is 5.61. The summed E-state index contributed by atoms with van der Waals surface area (Å²) in [4.78, 5) is 14.5. The number of rotatable bonds is 2. The number of guanidine groups is 1. The minimum absolute atomic E-state index is 0.0834. The van der Waals surface area contributed by atoms with Gasteiger partial charge in [0.25, 0.3) is 5.91 Å². The van der Waals surface area contributed by atoms with Gasteiger partial charge in [-0.25, -0.2) is 4.99 Å². The first-order valence-corrected chi connectivity index (χ1v) is 3.96. The van der Waals surface area contributed by atoms with E-state index in [0.717, 1.165) is 0 Å². The van der Waals surface area contributed by atoms with E-state index in [0.29, 0.717) is 10.6 Å². The van der Waals surface area contributed by atoms with Crippen LogP contribution in [0.25, 0.3) is 0 Å². The zero-order valence-corrected chi connectivity index (χ0v) is 6.97. The lowest BCUT2D eigenvalue weighted by Gasteiger charge is -1.92. The molecule has 5 nitrogen and oxygen atoms in total. The maximum atomic E-state index is 10.7. The van der Waals surface area contributed by atoms with Gasteiger partial charge in [-0.15, -0.1) is 11.3 Å². The number of amides is 1. The molecule has 1 rings (SSSR count). The second kappa shape index (κ2) is 3.22. The zero-order valence-electron chi connectivity index (χ0n) is 6.15. The summed E-state index contributed by atoms with van der Waals surface area (Å²) in [5.74, 6) is -0.615. The highest BCUT2D eigenvalue weighted by atomic mass is 32.1. The number of nitrogens with zero attached hydrogens (tertiary/aromatic N) is 1. The third-order valence-electron chi connectivity index (χ3n) is 1.14. The monoisotopic (exact) mass is 184 g/mol. The topological polar surface area (TPSA) is 107 Å². The van der Waals surface area contributed by atoms with Gasteiger partial charge < -0.3 is 17.2 Å². The highest BCUT2D eigenvalue weighted by Gasteiger charge is 2.07. The Kier molecular flexibility index (Phi) is 2.29. The zero-order chi connectivity index (χ0) is 9.14. The lowest BCUT2D eigenvalue weighted by molar-refractivity contribution is 0.100. The summed E-state index contributed by atoms with van der Waals surface area (Å²) in [6, 6.07) is 1.58. The molecule has 1 heterocycles. The van der Waals surface area contributed by atoms with E-state index < -0.39 is 5.91 Å². The molecule has 64 valence electrons. The number of hydrogen-bond acceptors (Lipinski definition) is 3. The van der Waals surface area contributed by atoms with Crippen molar-refractivity contribution >= 4 is 28.2 Å². The van der Waals surface area contributed by atoms with E-state index in [1.807, 2.05) is 0 Å². The highest BCUT2D eigenvalue weighted by molar-refractivity contribution is 7.14. The normalized spacial score (nSPS) is 9.33. The maximum Gasteiger partial charge on any atom is 0.251 e. The molecule has 1 amide bonds. The fraction of sp³-hybridized carbons (Fsp3) is 0. The summed E-state index contributed by atoms with van der Waals surface area (Å²) >= 11 is 1.26. The van der Waals surface area contributed by atoms with Gasteiger partial charge in [0.2, 0.25) is 0 Å². The van der Waals surface area contributed by atoms with Crippen molar-refractivity contribution in [1.29, 1.82) is 0 Å². The minimum Gasteiger partial charge on any atom is -0.370 e. The molecule has 6 heteroatoms. The molecule has 0 bridgehead atoms. The van der Waals surface area contributed by atoms with Crippen LogP contribution in [0.2, 0.25) is 0 Å². The molecule has 0 aliphatic carbocycles. The number of aliphatic imine (C=N–C) groups is 1. The highest BCUT2D eigenvalue weighted by Crippen LogP contribution is 2.25. The first kappa shape index (κ1) is 8.54. The minimum atomic E-state index is -0.531. The van der Waals surface area contributed by atoms with Crippen molar-refractivity contribution in [3.05, 3.63) is 17.0 Å². The first-order valence-electron chi connectivity index (χ1n) is 3.08. The molecule has 0 saturated carbocycles. The summed E-state index contributed by atoms with van der Waals surface area (Å²) in [6.07, 6.45) is 0. The number of hydrogen-bond donors (Lipinski definition) is 3. The van der Waals surface area contributed by atoms with Gasteiger partial charge in [0, 0.05) is 0 Å². The van der Waals surface area contributed by atoms with E-state index in [9.17, 15) is 4.79 Å². The van der Waals surface area contributed by atoms with E-state index in [-0.39, 0.29) is 5.96 Å². The molecule has 6 N–H and O–H groups in total. The fourth-order valence-corrected chi connectivity index (χ4v) is 1.48. The van der Waals surface area contributed by atoms with Gasteiger partial charge in [0.1, 0.15) is 5.00 Å². The molecule has 0 fully saturated rings. The largest absolute Gasteiger partial charge is 0.370 e. The van der Waals surface area contributed by atoms with E-state index >= 15 is 0 Å². The number of carbonyl (C=O) groups is 1. The van der Waals surface area contributed by atoms with Crippen LogP contribution in [0.15, 0.2) is 16.4 Å². The molecule has 1 aromatic rings. The van der Waals surface area contributed by atoms with Crippen LogP contribution >= 0.6 is 11.3 Å². The number of carbonyl (C=O) groups excluding carboxylic acids is 1. The molecule has 0 unspecified atom stereocenters. The average Bonchev–Trinajstić information content (AvgIpc) is 2.33. The van der Waals surface area contributed by atoms with Gasteiger partial charge >= 0.3 is 0 Å². The van der Waals surface area contributed by atoms with Gasteiger partial charge in [-0.3, -0.25) is 4.79 Å². The second-order valence-corrected chi connectivity index (χ2v) is 2.93. The van der Waals surface area contributed by atoms with Crippen molar-refractivity contribution in [2.24, 2.45) is 22.2 Å². The molecular weight excluding hydrogens is 176 g/mol. The SMILES string of the molecule is NC(=O)c1ccsc1N=C(N)N. The molecule has 0 aliphatic rings. The lowest BCUT2D eigenvalue weighted by atomic mass is 10.3. The molecule has 0 atom stereocenters. The second-order valence-electron chi connectivity index (χ2n) is 2.04. The molecular formula is C6H8N4OS.